The van der Waals surface area contributed by atoms with Crippen LogP contribution in [-0.2, 0) is 12.8 Å². The lowest BCUT2D eigenvalue weighted by Gasteiger charge is -2.09. The van der Waals surface area contributed by atoms with Gasteiger partial charge in [0.25, 0.3) is 5.69 Å². The number of ketones is 1. The van der Waals surface area contributed by atoms with E-state index in [-0.39, 0.29) is 23.6 Å². The van der Waals surface area contributed by atoms with E-state index < -0.39 is 22.4 Å². The summed E-state index contributed by atoms with van der Waals surface area (Å²) in [6.45, 7) is 1.15. The Balaban J connectivity index is 2.13. The first-order valence-electron chi connectivity index (χ1n) is 6.77. The molecule has 0 aliphatic carbocycles. The van der Waals surface area contributed by atoms with Crippen molar-refractivity contribution in [2.24, 2.45) is 0 Å². The lowest BCUT2D eigenvalue weighted by atomic mass is 10.1. The number of nitro groups is 1. The van der Waals surface area contributed by atoms with Crippen molar-refractivity contribution in [1.82, 2.24) is 0 Å². The number of carbonyl (C=O) groups is 1. The van der Waals surface area contributed by atoms with Crippen LogP contribution < -0.4 is 4.74 Å². The molecule has 2 aromatic carbocycles. The van der Waals surface area contributed by atoms with Crippen LogP contribution in [0.4, 0.5) is 18.9 Å². The number of rotatable bonds is 5. The molecule has 0 aliphatic rings. The maximum absolute atomic E-state index is 12.5. The average molecular weight is 339 g/mol. The largest absolute Gasteiger partial charge is 0.489 e. The maximum atomic E-state index is 12.5. The monoisotopic (exact) mass is 339 g/mol. The fourth-order valence-corrected chi connectivity index (χ4v) is 2.01. The highest BCUT2D eigenvalue weighted by molar-refractivity contribution is 5.98. The van der Waals surface area contributed by atoms with E-state index >= 15 is 0 Å². The molecule has 5 nitrogen and oxygen atoms in total. The van der Waals surface area contributed by atoms with Crippen LogP contribution in [0.25, 0.3) is 0 Å². The number of alkyl halides is 3. The van der Waals surface area contributed by atoms with E-state index in [0.29, 0.717) is 5.56 Å². The number of nitro benzene ring substituents is 1. The van der Waals surface area contributed by atoms with Crippen LogP contribution in [0.3, 0.4) is 0 Å². The Morgan fingerprint density at radius 3 is 2.29 bits per heavy atom. The summed E-state index contributed by atoms with van der Waals surface area (Å²) in [4.78, 5) is 21.6. The Morgan fingerprint density at radius 2 is 1.79 bits per heavy atom. The maximum Gasteiger partial charge on any atom is 0.416 e. The van der Waals surface area contributed by atoms with Crippen LogP contribution >= 0.6 is 0 Å². The molecular weight excluding hydrogens is 327 g/mol. The molecule has 2 aromatic rings. The van der Waals surface area contributed by atoms with E-state index in [9.17, 15) is 28.1 Å². The summed E-state index contributed by atoms with van der Waals surface area (Å²) in [5.74, 6) is -0.303. The van der Waals surface area contributed by atoms with Gasteiger partial charge in [-0.1, -0.05) is 12.1 Å². The van der Waals surface area contributed by atoms with Crippen LogP contribution in [0.15, 0.2) is 42.5 Å². The molecule has 0 fully saturated rings. The molecular formula is C16H12F3NO4. The first kappa shape index (κ1) is 17.5. The molecule has 126 valence electrons. The van der Waals surface area contributed by atoms with Gasteiger partial charge < -0.3 is 4.74 Å². The van der Waals surface area contributed by atoms with Crippen LogP contribution in [-0.4, -0.2) is 10.7 Å². The molecule has 0 amide bonds. The number of hydrogen-bond donors (Lipinski definition) is 0. The number of hydrogen-bond acceptors (Lipinski definition) is 4. The van der Waals surface area contributed by atoms with Crippen LogP contribution in [0.2, 0.25) is 0 Å². The molecule has 2 rings (SSSR count). The second kappa shape index (κ2) is 6.69. The normalized spacial score (nSPS) is 11.2. The summed E-state index contributed by atoms with van der Waals surface area (Å²) in [7, 11) is 0. The first-order valence-corrected chi connectivity index (χ1v) is 6.77. The summed E-state index contributed by atoms with van der Waals surface area (Å²) in [6, 6.07) is 8.18. The third kappa shape index (κ3) is 4.09. The fraction of sp³-hybridized carbons (Fsp3) is 0.188. The van der Waals surface area contributed by atoms with Crippen molar-refractivity contribution >= 4 is 11.5 Å². The summed E-state index contributed by atoms with van der Waals surface area (Å²) >= 11 is 0. The molecule has 0 aromatic heterocycles. The van der Waals surface area contributed by atoms with Gasteiger partial charge in [0.05, 0.1) is 22.1 Å². The predicted octanol–water partition coefficient (Wildman–Crippen LogP) is 4.40. The Morgan fingerprint density at radius 1 is 1.17 bits per heavy atom. The van der Waals surface area contributed by atoms with E-state index in [1.54, 1.807) is 0 Å². The minimum absolute atomic E-state index is 0.0399. The van der Waals surface area contributed by atoms with Gasteiger partial charge in [0.2, 0.25) is 0 Å². The second-order valence-corrected chi connectivity index (χ2v) is 4.98. The van der Waals surface area contributed by atoms with Crippen molar-refractivity contribution in [2.45, 2.75) is 19.7 Å². The molecule has 24 heavy (non-hydrogen) atoms. The van der Waals surface area contributed by atoms with E-state index in [1.807, 2.05) is 0 Å². The van der Waals surface area contributed by atoms with Gasteiger partial charge in [-0.2, -0.15) is 13.2 Å². The molecule has 8 heteroatoms. The zero-order chi connectivity index (χ0) is 17.9. The molecule has 0 spiro atoms. The van der Waals surface area contributed by atoms with Crippen LogP contribution in [0.1, 0.15) is 28.4 Å². The van der Waals surface area contributed by atoms with Gasteiger partial charge in [0.1, 0.15) is 12.4 Å². The molecule has 0 radical (unpaired) electrons. The number of halogens is 3. The summed E-state index contributed by atoms with van der Waals surface area (Å²) in [5.41, 5.74) is -0.719. The van der Waals surface area contributed by atoms with Gasteiger partial charge in [-0.05, 0) is 36.8 Å². The summed E-state index contributed by atoms with van der Waals surface area (Å²) in [5, 5.41) is 11.0. The van der Waals surface area contributed by atoms with Crippen molar-refractivity contribution < 1.29 is 27.6 Å². The van der Waals surface area contributed by atoms with Crippen molar-refractivity contribution in [1.29, 1.82) is 0 Å². The minimum Gasteiger partial charge on any atom is -0.489 e. The number of ether oxygens (including phenoxy) is 1. The SMILES string of the molecule is CC(=O)c1ccc(OCc2ccc(C(F)(F)F)cc2)cc1[N+](=O)[O-]. The fourth-order valence-electron chi connectivity index (χ4n) is 2.01. The Labute approximate surface area is 134 Å². The highest BCUT2D eigenvalue weighted by Gasteiger charge is 2.29. The van der Waals surface area contributed by atoms with Gasteiger partial charge >= 0.3 is 6.18 Å². The Kier molecular flexibility index (Phi) is 4.87. The molecule has 0 atom stereocenters. The van der Waals surface area contributed by atoms with Crippen LogP contribution in [0, 0.1) is 10.1 Å². The highest BCUT2D eigenvalue weighted by atomic mass is 19.4. The van der Waals surface area contributed by atoms with Gasteiger partial charge in [-0.15, -0.1) is 0 Å². The van der Waals surface area contributed by atoms with Crippen LogP contribution in [0.5, 0.6) is 5.75 Å². The molecule has 0 bridgehead atoms. The smallest absolute Gasteiger partial charge is 0.416 e. The quantitative estimate of drug-likeness (QED) is 0.460. The van der Waals surface area contributed by atoms with Gasteiger partial charge in [-0.25, -0.2) is 0 Å². The lowest BCUT2D eigenvalue weighted by Crippen LogP contribution is -2.05. The summed E-state index contributed by atoms with van der Waals surface area (Å²) in [6.07, 6.45) is -4.41. The second-order valence-electron chi connectivity index (χ2n) is 4.98. The number of benzene rings is 2. The number of Topliss-reactive ketones (excluding diaryl/α,β-unsaturated/α-hetero) is 1. The predicted molar refractivity (Wildman–Crippen MR) is 78.9 cm³/mol. The van der Waals surface area contributed by atoms with E-state index in [2.05, 4.69) is 0 Å². The first-order chi connectivity index (χ1) is 11.2. The number of carbonyl (C=O) groups excluding carboxylic acids is 1. The van der Waals surface area contributed by atoms with Gasteiger partial charge in [0.15, 0.2) is 5.78 Å². The number of nitrogens with zero attached hydrogens (tertiary/aromatic N) is 1. The Hall–Kier alpha value is -2.90. The molecule has 0 N–H and O–H groups in total. The lowest BCUT2D eigenvalue weighted by molar-refractivity contribution is -0.385. The van der Waals surface area contributed by atoms with Crippen molar-refractivity contribution in [3.8, 4) is 5.75 Å². The average Bonchev–Trinajstić information content (AvgIpc) is 2.52. The molecule has 0 heterocycles. The molecule has 0 saturated carbocycles. The van der Waals surface area contributed by atoms with E-state index in [1.165, 1.54) is 31.2 Å². The molecule has 0 unspecified atom stereocenters. The van der Waals surface area contributed by atoms with Crippen molar-refractivity contribution in [3.63, 3.8) is 0 Å². The van der Waals surface area contributed by atoms with Gasteiger partial charge in [0, 0.05) is 0 Å². The molecule has 0 saturated heterocycles. The van der Waals surface area contributed by atoms with E-state index in [0.717, 1.165) is 18.2 Å². The standard InChI is InChI=1S/C16H12F3NO4/c1-10(21)14-7-6-13(8-15(14)20(22)23)24-9-11-2-4-12(5-3-11)16(17,18)19/h2-8H,9H2,1H3. The van der Waals surface area contributed by atoms with Gasteiger partial charge in [-0.3, -0.25) is 14.9 Å². The zero-order valence-electron chi connectivity index (χ0n) is 12.5. The Bertz CT molecular complexity index is 770. The minimum atomic E-state index is -4.41. The zero-order valence-corrected chi connectivity index (χ0v) is 12.5. The third-order valence-electron chi connectivity index (χ3n) is 3.23. The third-order valence-corrected chi connectivity index (χ3v) is 3.23. The molecule has 0 aliphatic heterocycles. The topological polar surface area (TPSA) is 69.4 Å². The summed E-state index contributed by atoms with van der Waals surface area (Å²) < 4.78 is 42.8. The van der Waals surface area contributed by atoms with Crippen molar-refractivity contribution in [2.75, 3.05) is 0 Å². The highest BCUT2D eigenvalue weighted by Crippen LogP contribution is 2.29. The van der Waals surface area contributed by atoms with E-state index in [4.69, 9.17) is 4.74 Å². The van der Waals surface area contributed by atoms with Crippen molar-refractivity contribution in [3.05, 3.63) is 69.3 Å².